The van der Waals surface area contributed by atoms with Crippen molar-refractivity contribution in [2.45, 2.75) is 20.0 Å². The number of rotatable bonds is 6. The van der Waals surface area contributed by atoms with Gasteiger partial charge in [-0.05, 0) is 41.3 Å². The van der Waals surface area contributed by atoms with Crippen molar-refractivity contribution < 1.29 is 9.59 Å². The first-order valence-electron chi connectivity index (χ1n) is 7.89. The summed E-state index contributed by atoms with van der Waals surface area (Å²) in [5.41, 5.74) is 7.49. The zero-order valence-electron chi connectivity index (χ0n) is 14.4. The summed E-state index contributed by atoms with van der Waals surface area (Å²) in [4.78, 5) is 27.5. The zero-order chi connectivity index (χ0) is 18.7. The summed E-state index contributed by atoms with van der Waals surface area (Å²) in [6.07, 6.45) is 0. The molecule has 8 nitrogen and oxygen atoms in total. The van der Waals surface area contributed by atoms with Crippen molar-refractivity contribution in [1.29, 1.82) is 0 Å². The van der Waals surface area contributed by atoms with Crippen molar-refractivity contribution in [3.05, 3.63) is 51.7 Å². The molecule has 0 spiro atoms. The van der Waals surface area contributed by atoms with E-state index in [1.165, 1.54) is 10.4 Å². The van der Waals surface area contributed by atoms with Gasteiger partial charge in [-0.3, -0.25) is 9.59 Å². The normalized spacial score (nSPS) is 10.7. The molecule has 134 valence electrons. The van der Waals surface area contributed by atoms with Crippen LogP contribution in [0.4, 0.5) is 0 Å². The number of carbonyl (C=O) groups excluding carboxylic acids is 2. The molecule has 0 aliphatic carbocycles. The standard InChI is InChI=1S/C17H18N6O2S/c1-11-7-8-26-14(11)9-22(2)15(24)10-23-20-17(19-21-23)13-5-3-12(4-6-13)16(18)25/h3-8H,9-10H2,1-2H3,(H2,18,25). The van der Waals surface area contributed by atoms with E-state index < -0.39 is 5.91 Å². The van der Waals surface area contributed by atoms with E-state index in [9.17, 15) is 9.59 Å². The third-order valence-electron chi connectivity index (χ3n) is 3.93. The third-order valence-corrected chi connectivity index (χ3v) is 4.94. The minimum atomic E-state index is -0.497. The van der Waals surface area contributed by atoms with Gasteiger partial charge in [0.25, 0.3) is 0 Å². The quantitative estimate of drug-likeness (QED) is 0.707. The molecule has 0 fully saturated rings. The minimum Gasteiger partial charge on any atom is -0.366 e. The van der Waals surface area contributed by atoms with Crippen LogP contribution in [0.25, 0.3) is 11.4 Å². The number of hydrogen-bond donors (Lipinski definition) is 1. The minimum absolute atomic E-state index is 0.00723. The average Bonchev–Trinajstić information content (AvgIpc) is 3.24. The molecule has 26 heavy (non-hydrogen) atoms. The maximum Gasteiger partial charge on any atom is 0.248 e. The lowest BCUT2D eigenvalue weighted by Gasteiger charge is -2.16. The number of hydrogen-bond acceptors (Lipinski definition) is 6. The van der Waals surface area contributed by atoms with E-state index in [0.29, 0.717) is 23.5 Å². The summed E-state index contributed by atoms with van der Waals surface area (Å²) in [6, 6.07) is 8.61. The van der Waals surface area contributed by atoms with Gasteiger partial charge in [-0.25, -0.2) is 0 Å². The molecule has 3 aromatic rings. The van der Waals surface area contributed by atoms with Gasteiger partial charge in [0.1, 0.15) is 6.54 Å². The molecular weight excluding hydrogens is 352 g/mol. The SMILES string of the molecule is Cc1ccsc1CN(C)C(=O)Cn1nnc(-c2ccc(C(N)=O)cc2)n1. The number of amides is 2. The second-order valence-corrected chi connectivity index (χ2v) is 6.86. The maximum atomic E-state index is 12.4. The molecule has 0 atom stereocenters. The number of thiophene rings is 1. The van der Waals surface area contributed by atoms with E-state index >= 15 is 0 Å². The predicted molar refractivity (Wildman–Crippen MR) is 97.3 cm³/mol. The van der Waals surface area contributed by atoms with E-state index in [0.717, 1.165) is 4.88 Å². The molecule has 0 radical (unpaired) electrons. The van der Waals surface area contributed by atoms with Gasteiger partial charge < -0.3 is 10.6 Å². The van der Waals surface area contributed by atoms with Gasteiger partial charge in [-0.1, -0.05) is 12.1 Å². The topological polar surface area (TPSA) is 107 Å². The number of nitrogens with two attached hydrogens (primary N) is 1. The van der Waals surface area contributed by atoms with Crippen molar-refractivity contribution in [2.24, 2.45) is 5.73 Å². The summed E-state index contributed by atoms with van der Waals surface area (Å²) in [5, 5.41) is 14.1. The second-order valence-electron chi connectivity index (χ2n) is 5.86. The Morgan fingerprint density at radius 2 is 1.96 bits per heavy atom. The van der Waals surface area contributed by atoms with Gasteiger partial charge in [-0.15, -0.1) is 21.5 Å². The molecule has 0 saturated heterocycles. The summed E-state index contributed by atoms with van der Waals surface area (Å²) in [5.74, 6) is -0.223. The van der Waals surface area contributed by atoms with E-state index in [4.69, 9.17) is 5.73 Å². The molecule has 2 amide bonds. The lowest BCUT2D eigenvalue weighted by Crippen LogP contribution is -2.30. The van der Waals surface area contributed by atoms with Gasteiger partial charge in [0.2, 0.25) is 17.6 Å². The fourth-order valence-electron chi connectivity index (χ4n) is 2.32. The van der Waals surface area contributed by atoms with E-state index in [1.807, 2.05) is 18.4 Å². The van der Waals surface area contributed by atoms with Gasteiger partial charge >= 0.3 is 0 Å². The van der Waals surface area contributed by atoms with E-state index in [-0.39, 0.29) is 12.5 Å². The second kappa shape index (κ2) is 7.44. The monoisotopic (exact) mass is 370 g/mol. The Morgan fingerprint density at radius 3 is 2.58 bits per heavy atom. The van der Waals surface area contributed by atoms with Crippen LogP contribution in [0.15, 0.2) is 35.7 Å². The number of benzene rings is 1. The van der Waals surface area contributed by atoms with Crippen molar-refractivity contribution >= 4 is 23.2 Å². The number of likely N-dealkylation sites (N-methyl/N-ethyl adjacent to an activating group) is 1. The number of aryl methyl sites for hydroxylation is 1. The summed E-state index contributed by atoms with van der Waals surface area (Å²) >= 11 is 1.63. The van der Waals surface area contributed by atoms with Crippen LogP contribution in [0.3, 0.4) is 0 Å². The number of nitrogens with zero attached hydrogens (tertiary/aromatic N) is 5. The van der Waals surface area contributed by atoms with E-state index in [2.05, 4.69) is 15.4 Å². The van der Waals surface area contributed by atoms with Crippen LogP contribution >= 0.6 is 11.3 Å². The van der Waals surface area contributed by atoms with Crippen LogP contribution in [0, 0.1) is 6.92 Å². The number of aromatic nitrogens is 4. The first-order valence-corrected chi connectivity index (χ1v) is 8.77. The Morgan fingerprint density at radius 1 is 1.23 bits per heavy atom. The fraction of sp³-hybridized carbons (Fsp3) is 0.235. The summed E-state index contributed by atoms with van der Waals surface area (Å²) in [7, 11) is 1.75. The molecule has 0 unspecified atom stereocenters. The lowest BCUT2D eigenvalue weighted by molar-refractivity contribution is -0.131. The van der Waals surface area contributed by atoms with Crippen molar-refractivity contribution in [2.75, 3.05) is 7.05 Å². The number of carbonyl (C=O) groups is 2. The highest BCUT2D eigenvalue weighted by atomic mass is 32.1. The molecule has 0 aliphatic rings. The highest BCUT2D eigenvalue weighted by Gasteiger charge is 2.15. The Balaban J connectivity index is 1.65. The summed E-state index contributed by atoms with van der Waals surface area (Å²) < 4.78 is 0. The molecule has 1 aromatic carbocycles. The largest absolute Gasteiger partial charge is 0.366 e. The van der Waals surface area contributed by atoms with Crippen LogP contribution in [0.1, 0.15) is 20.8 Å². The van der Waals surface area contributed by atoms with Gasteiger partial charge in [0.05, 0.1) is 6.54 Å². The third kappa shape index (κ3) is 3.94. The lowest BCUT2D eigenvalue weighted by atomic mass is 10.1. The number of tetrazole rings is 1. The van der Waals surface area contributed by atoms with Gasteiger partial charge in [0.15, 0.2) is 0 Å². The Hall–Kier alpha value is -3.07. The highest BCUT2D eigenvalue weighted by Crippen LogP contribution is 2.17. The smallest absolute Gasteiger partial charge is 0.248 e. The van der Waals surface area contributed by atoms with E-state index in [1.54, 1.807) is 47.5 Å². The first-order chi connectivity index (χ1) is 12.4. The Labute approximate surface area is 154 Å². The molecule has 0 aliphatic heterocycles. The van der Waals surface area contributed by atoms with Crippen LogP contribution < -0.4 is 5.73 Å². The van der Waals surface area contributed by atoms with Crippen molar-refractivity contribution in [1.82, 2.24) is 25.1 Å². The van der Waals surface area contributed by atoms with Crippen LogP contribution in [0.5, 0.6) is 0 Å². The first kappa shape index (κ1) is 17.7. The van der Waals surface area contributed by atoms with Crippen LogP contribution in [0.2, 0.25) is 0 Å². The van der Waals surface area contributed by atoms with Gasteiger partial charge in [0, 0.05) is 23.1 Å². The van der Waals surface area contributed by atoms with Gasteiger partial charge in [-0.2, -0.15) is 4.80 Å². The molecule has 0 saturated carbocycles. The van der Waals surface area contributed by atoms with Crippen LogP contribution in [-0.2, 0) is 17.9 Å². The number of primary amides is 1. The summed E-state index contributed by atoms with van der Waals surface area (Å²) in [6.45, 7) is 2.59. The Bertz CT molecular complexity index is 931. The zero-order valence-corrected chi connectivity index (χ0v) is 15.2. The molecule has 9 heteroatoms. The Kier molecular flexibility index (Phi) is 5.08. The molecule has 2 aromatic heterocycles. The van der Waals surface area contributed by atoms with Crippen molar-refractivity contribution in [3.63, 3.8) is 0 Å². The average molecular weight is 370 g/mol. The maximum absolute atomic E-state index is 12.4. The molecule has 2 N–H and O–H groups in total. The fourth-order valence-corrected chi connectivity index (χ4v) is 3.28. The highest BCUT2D eigenvalue weighted by molar-refractivity contribution is 7.10. The molecule has 2 heterocycles. The van der Waals surface area contributed by atoms with Crippen molar-refractivity contribution in [3.8, 4) is 11.4 Å². The molecular formula is C17H18N6O2S. The molecule has 0 bridgehead atoms. The van der Waals surface area contributed by atoms with Crippen LogP contribution in [-0.4, -0.2) is 44.0 Å². The predicted octanol–water partition coefficient (Wildman–Crippen LogP) is 1.47. The molecule has 3 rings (SSSR count).